The van der Waals surface area contributed by atoms with Gasteiger partial charge in [-0.3, -0.25) is 9.52 Å². The number of thioether (sulfide) groups is 1. The molecule has 0 saturated heterocycles. The van der Waals surface area contributed by atoms with Crippen molar-refractivity contribution in [1.29, 1.82) is 0 Å². The first-order chi connectivity index (χ1) is 13.2. The average molecular weight is 445 g/mol. The average Bonchev–Trinajstić information content (AvgIpc) is 3.06. The van der Waals surface area contributed by atoms with E-state index in [9.17, 15) is 17.6 Å². The van der Waals surface area contributed by atoms with Gasteiger partial charge in [-0.05, 0) is 25.5 Å². The molecule has 1 aromatic carbocycles. The lowest BCUT2D eigenvalue weighted by atomic mass is 10.1. The first-order valence-corrected chi connectivity index (χ1v) is 11.5. The lowest BCUT2D eigenvalue weighted by Gasteiger charge is -2.16. The number of aryl methyl sites for hydroxylation is 1. The van der Waals surface area contributed by atoms with Gasteiger partial charge in [0.05, 0.1) is 44.4 Å². The number of nitrogens with one attached hydrogen (secondary N) is 2. The molecule has 0 aliphatic carbocycles. The number of amides is 1. The van der Waals surface area contributed by atoms with Gasteiger partial charge in [-0.1, -0.05) is 18.5 Å². The molecule has 1 amide bonds. The molecular weight excluding hydrogens is 427 g/mol. The zero-order valence-electron chi connectivity index (χ0n) is 15.1. The van der Waals surface area contributed by atoms with Crippen LogP contribution in [0, 0.1) is 12.7 Å². The Morgan fingerprint density at radius 3 is 2.86 bits per heavy atom. The number of hydrogen-bond acceptors (Lipinski definition) is 6. The number of carbonyl (C=O) groups is 1. The van der Waals surface area contributed by atoms with Gasteiger partial charge < -0.3 is 5.32 Å². The second-order valence-electron chi connectivity index (χ2n) is 6.23. The van der Waals surface area contributed by atoms with E-state index >= 15 is 0 Å². The minimum atomic E-state index is -3.62. The molecule has 150 valence electrons. The minimum absolute atomic E-state index is 0.00573. The molecule has 2 N–H and O–H groups in total. The monoisotopic (exact) mass is 444 g/mol. The maximum Gasteiger partial charge on any atom is 0.234 e. The van der Waals surface area contributed by atoms with Crippen LogP contribution in [0.2, 0.25) is 5.02 Å². The molecule has 3 rings (SSSR count). The number of hydrogen-bond donors (Lipinski definition) is 2. The van der Waals surface area contributed by atoms with Crippen molar-refractivity contribution in [3.05, 3.63) is 40.7 Å². The van der Waals surface area contributed by atoms with E-state index in [0.29, 0.717) is 17.9 Å². The molecule has 7 nitrogen and oxygen atoms in total. The Bertz CT molecular complexity index is 1030. The predicted octanol–water partition coefficient (Wildman–Crippen LogP) is 3.56. The number of halogens is 2. The quantitative estimate of drug-likeness (QED) is 0.706. The first kappa shape index (κ1) is 20.8. The Hall–Kier alpha value is -1.91. The molecule has 1 aromatic heterocycles. The fourth-order valence-corrected chi connectivity index (χ4v) is 5.49. The highest BCUT2D eigenvalue weighted by Gasteiger charge is 2.33. The SMILES string of the molecule is CCCS(=O)(=O)Nc1ccc(F)c(NC(=O)C2CSc3c(C)ncnc32)c1Cl. The molecule has 2 heterocycles. The lowest BCUT2D eigenvalue weighted by molar-refractivity contribution is -0.117. The van der Waals surface area contributed by atoms with Crippen molar-refractivity contribution in [2.45, 2.75) is 31.1 Å². The van der Waals surface area contributed by atoms with Gasteiger partial charge in [0.1, 0.15) is 12.1 Å². The molecule has 0 spiro atoms. The number of sulfonamides is 1. The minimum Gasteiger partial charge on any atom is -0.322 e. The number of carbonyl (C=O) groups excluding carboxylic acids is 1. The van der Waals surface area contributed by atoms with Crippen LogP contribution >= 0.6 is 23.4 Å². The van der Waals surface area contributed by atoms with Crippen LogP contribution in [0.25, 0.3) is 0 Å². The van der Waals surface area contributed by atoms with Crippen LogP contribution in [0.1, 0.15) is 30.7 Å². The summed E-state index contributed by atoms with van der Waals surface area (Å²) in [7, 11) is -3.62. The second-order valence-corrected chi connectivity index (χ2v) is 9.48. The third-order valence-electron chi connectivity index (χ3n) is 4.13. The highest BCUT2D eigenvalue weighted by molar-refractivity contribution is 7.99. The van der Waals surface area contributed by atoms with E-state index in [0.717, 1.165) is 16.7 Å². The van der Waals surface area contributed by atoms with Crippen LogP contribution < -0.4 is 10.0 Å². The molecular formula is C17H18ClFN4O3S2. The smallest absolute Gasteiger partial charge is 0.234 e. The molecule has 1 aliphatic heterocycles. The summed E-state index contributed by atoms with van der Waals surface area (Å²) in [5, 5.41) is 2.27. The molecule has 2 aromatic rings. The second kappa shape index (κ2) is 8.22. The zero-order valence-corrected chi connectivity index (χ0v) is 17.5. The number of benzene rings is 1. The highest BCUT2D eigenvalue weighted by atomic mass is 35.5. The van der Waals surface area contributed by atoms with Gasteiger partial charge in [0, 0.05) is 5.75 Å². The fraction of sp³-hybridized carbons (Fsp3) is 0.353. The normalized spacial score (nSPS) is 15.9. The Morgan fingerprint density at radius 1 is 1.39 bits per heavy atom. The van der Waals surface area contributed by atoms with Gasteiger partial charge in [0.15, 0.2) is 0 Å². The van der Waals surface area contributed by atoms with Crippen LogP contribution in [-0.2, 0) is 14.8 Å². The summed E-state index contributed by atoms with van der Waals surface area (Å²) in [6.07, 6.45) is 1.80. The summed E-state index contributed by atoms with van der Waals surface area (Å²) < 4.78 is 40.6. The van der Waals surface area contributed by atoms with Gasteiger partial charge in [-0.15, -0.1) is 11.8 Å². The molecule has 1 atom stereocenters. The number of nitrogens with zero attached hydrogens (tertiary/aromatic N) is 2. The van der Waals surface area contributed by atoms with Crippen molar-refractivity contribution in [1.82, 2.24) is 9.97 Å². The Morgan fingerprint density at radius 2 is 2.14 bits per heavy atom. The third-order valence-corrected chi connectivity index (χ3v) is 7.29. The first-order valence-electron chi connectivity index (χ1n) is 8.47. The molecule has 1 unspecified atom stereocenters. The zero-order chi connectivity index (χ0) is 20.5. The van der Waals surface area contributed by atoms with Crippen molar-refractivity contribution in [2.24, 2.45) is 0 Å². The van der Waals surface area contributed by atoms with Crippen LogP contribution in [0.4, 0.5) is 15.8 Å². The predicted molar refractivity (Wildman–Crippen MR) is 108 cm³/mol. The van der Waals surface area contributed by atoms with Crippen molar-refractivity contribution in [3.8, 4) is 0 Å². The topological polar surface area (TPSA) is 101 Å². The van der Waals surface area contributed by atoms with E-state index in [-0.39, 0.29) is 22.2 Å². The number of fused-ring (bicyclic) bond motifs is 1. The molecule has 28 heavy (non-hydrogen) atoms. The third kappa shape index (κ3) is 4.23. The van der Waals surface area contributed by atoms with E-state index < -0.39 is 27.7 Å². The summed E-state index contributed by atoms with van der Waals surface area (Å²) in [5.74, 6) is -1.47. The summed E-state index contributed by atoms with van der Waals surface area (Å²) in [4.78, 5) is 21.9. The van der Waals surface area contributed by atoms with E-state index in [1.165, 1.54) is 24.2 Å². The van der Waals surface area contributed by atoms with Crippen molar-refractivity contribution in [2.75, 3.05) is 21.5 Å². The standard InChI is InChI=1S/C17H18ClFN4O3S2/c1-3-6-28(25,26)23-12-5-4-11(19)15(13(12)18)22-17(24)10-7-27-16-9(2)20-8-21-14(10)16/h4-5,8,10,23H,3,6-7H2,1-2H3,(H,22,24). The number of anilines is 2. The van der Waals surface area contributed by atoms with E-state index in [1.54, 1.807) is 6.92 Å². The van der Waals surface area contributed by atoms with Gasteiger partial charge in [0.2, 0.25) is 15.9 Å². The molecule has 0 saturated carbocycles. The summed E-state index contributed by atoms with van der Waals surface area (Å²) in [5.41, 5.74) is 1.10. The van der Waals surface area contributed by atoms with Gasteiger partial charge in [-0.25, -0.2) is 22.8 Å². The van der Waals surface area contributed by atoms with Gasteiger partial charge in [0.25, 0.3) is 0 Å². The summed E-state index contributed by atoms with van der Waals surface area (Å²) in [6, 6.07) is 2.27. The largest absolute Gasteiger partial charge is 0.322 e. The number of rotatable bonds is 6. The molecule has 11 heteroatoms. The van der Waals surface area contributed by atoms with Crippen LogP contribution in [0.3, 0.4) is 0 Å². The van der Waals surface area contributed by atoms with Crippen molar-refractivity contribution in [3.63, 3.8) is 0 Å². The Labute approximate surface area is 171 Å². The molecule has 0 bridgehead atoms. The summed E-state index contributed by atoms with van der Waals surface area (Å²) in [6.45, 7) is 3.55. The number of aromatic nitrogens is 2. The van der Waals surface area contributed by atoms with Crippen molar-refractivity contribution >= 4 is 50.7 Å². The Balaban J connectivity index is 1.86. The van der Waals surface area contributed by atoms with Crippen LogP contribution in [0.5, 0.6) is 0 Å². The van der Waals surface area contributed by atoms with Gasteiger partial charge >= 0.3 is 0 Å². The molecule has 1 aliphatic rings. The van der Waals surface area contributed by atoms with E-state index in [2.05, 4.69) is 20.0 Å². The lowest BCUT2D eigenvalue weighted by Crippen LogP contribution is -2.23. The van der Waals surface area contributed by atoms with E-state index in [4.69, 9.17) is 11.6 Å². The van der Waals surface area contributed by atoms with E-state index in [1.807, 2.05) is 6.92 Å². The molecule has 0 radical (unpaired) electrons. The maximum absolute atomic E-state index is 14.3. The summed E-state index contributed by atoms with van der Waals surface area (Å²) >= 11 is 7.65. The van der Waals surface area contributed by atoms with Crippen LogP contribution in [-0.4, -0.2) is 35.8 Å². The van der Waals surface area contributed by atoms with Crippen molar-refractivity contribution < 1.29 is 17.6 Å². The maximum atomic E-state index is 14.3. The Kier molecular flexibility index (Phi) is 6.11. The van der Waals surface area contributed by atoms with Gasteiger partial charge in [-0.2, -0.15) is 0 Å². The fourth-order valence-electron chi connectivity index (χ4n) is 2.80. The highest BCUT2D eigenvalue weighted by Crippen LogP contribution is 2.41. The van der Waals surface area contributed by atoms with Crippen LogP contribution in [0.15, 0.2) is 23.4 Å². The molecule has 0 fully saturated rings.